The average molecular weight is 179 g/mol. The van der Waals surface area contributed by atoms with Crippen molar-refractivity contribution in [2.24, 2.45) is 5.73 Å². The standard InChI is InChI=1S/C6H9N7/c7-1-5-10-6(12-11-5)2-13-4-8-3-9-13/h3-4H,1-2,7H2,(H,10,11,12). The first kappa shape index (κ1) is 7.87. The summed E-state index contributed by atoms with van der Waals surface area (Å²) in [5, 5.41) is 10.6. The van der Waals surface area contributed by atoms with Crippen LogP contribution in [0, 0.1) is 0 Å². The normalized spacial score (nSPS) is 10.5. The molecule has 0 aromatic carbocycles. The zero-order valence-corrected chi connectivity index (χ0v) is 6.88. The van der Waals surface area contributed by atoms with Crippen molar-refractivity contribution in [3.63, 3.8) is 0 Å². The van der Waals surface area contributed by atoms with Crippen LogP contribution in [0.15, 0.2) is 12.7 Å². The van der Waals surface area contributed by atoms with Gasteiger partial charge in [0, 0.05) is 0 Å². The highest BCUT2D eigenvalue weighted by molar-refractivity contribution is 4.89. The van der Waals surface area contributed by atoms with Crippen LogP contribution in [0.5, 0.6) is 0 Å². The molecule has 0 aliphatic rings. The van der Waals surface area contributed by atoms with Gasteiger partial charge in [0.1, 0.15) is 25.0 Å². The number of nitrogens with zero attached hydrogens (tertiary/aromatic N) is 5. The summed E-state index contributed by atoms with van der Waals surface area (Å²) >= 11 is 0. The molecule has 68 valence electrons. The predicted octanol–water partition coefficient (Wildman–Crippen LogP) is -1.10. The lowest BCUT2D eigenvalue weighted by Gasteiger charge is -1.93. The molecule has 13 heavy (non-hydrogen) atoms. The lowest BCUT2D eigenvalue weighted by atomic mass is 10.6. The SMILES string of the molecule is NCc1n[nH]c(Cn2cncn2)n1. The van der Waals surface area contributed by atoms with E-state index < -0.39 is 0 Å². The molecule has 0 fully saturated rings. The Labute approximate surface area is 74.0 Å². The molecule has 7 heteroatoms. The van der Waals surface area contributed by atoms with E-state index in [1.807, 2.05) is 0 Å². The first-order valence-electron chi connectivity index (χ1n) is 3.81. The van der Waals surface area contributed by atoms with Gasteiger partial charge in [-0.3, -0.25) is 5.10 Å². The smallest absolute Gasteiger partial charge is 0.164 e. The Hall–Kier alpha value is -1.76. The van der Waals surface area contributed by atoms with E-state index in [1.54, 1.807) is 11.0 Å². The third kappa shape index (κ3) is 1.70. The fourth-order valence-electron chi connectivity index (χ4n) is 0.965. The van der Waals surface area contributed by atoms with Gasteiger partial charge in [-0.25, -0.2) is 14.6 Å². The lowest BCUT2D eigenvalue weighted by Crippen LogP contribution is -2.02. The lowest BCUT2D eigenvalue weighted by molar-refractivity contribution is 0.655. The van der Waals surface area contributed by atoms with Crippen molar-refractivity contribution in [1.29, 1.82) is 0 Å². The van der Waals surface area contributed by atoms with Gasteiger partial charge >= 0.3 is 0 Å². The molecule has 0 saturated carbocycles. The molecule has 2 aromatic rings. The number of H-pyrrole nitrogens is 1. The molecule has 0 atom stereocenters. The van der Waals surface area contributed by atoms with Crippen LogP contribution in [0.4, 0.5) is 0 Å². The maximum atomic E-state index is 5.36. The van der Waals surface area contributed by atoms with Gasteiger partial charge in [0.15, 0.2) is 5.82 Å². The fraction of sp³-hybridized carbons (Fsp3) is 0.333. The van der Waals surface area contributed by atoms with E-state index >= 15 is 0 Å². The Balaban J connectivity index is 2.10. The molecular formula is C6H9N7. The van der Waals surface area contributed by atoms with Gasteiger partial charge in [0.25, 0.3) is 0 Å². The molecule has 0 spiro atoms. The number of aromatic amines is 1. The van der Waals surface area contributed by atoms with Crippen molar-refractivity contribution < 1.29 is 0 Å². The van der Waals surface area contributed by atoms with E-state index in [4.69, 9.17) is 5.73 Å². The minimum Gasteiger partial charge on any atom is -0.324 e. The largest absolute Gasteiger partial charge is 0.324 e. The van der Waals surface area contributed by atoms with Crippen LogP contribution in [0.1, 0.15) is 11.6 Å². The average Bonchev–Trinajstić information content (AvgIpc) is 2.76. The van der Waals surface area contributed by atoms with Gasteiger partial charge in [-0.1, -0.05) is 0 Å². The monoisotopic (exact) mass is 179 g/mol. The summed E-state index contributed by atoms with van der Waals surface area (Å²) in [6.45, 7) is 0.876. The topological polar surface area (TPSA) is 98.3 Å². The van der Waals surface area contributed by atoms with Gasteiger partial charge in [-0.05, 0) is 0 Å². The number of rotatable bonds is 3. The van der Waals surface area contributed by atoms with Crippen molar-refractivity contribution in [1.82, 2.24) is 29.9 Å². The summed E-state index contributed by atoms with van der Waals surface area (Å²) < 4.78 is 1.65. The minimum atomic E-state index is 0.341. The van der Waals surface area contributed by atoms with E-state index in [2.05, 4.69) is 25.3 Å². The van der Waals surface area contributed by atoms with Gasteiger partial charge in [-0.2, -0.15) is 10.2 Å². The Kier molecular flexibility index (Phi) is 2.01. The fourth-order valence-corrected chi connectivity index (χ4v) is 0.965. The predicted molar refractivity (Wildman–Crippen MR) is 43.4 cm³/mol. The molecule has 0 amide bonds. The molecule has 7 nitrogen and oxygen atoms in total. The van der Waals surface area contributed by atoms with E-state index in [-0.39, 0.29) is 0 Å². The number of aromatic nitrogens is 6. The molecule has 0 unspecified atom stereocenters. The molecule has 0 bridgehead atoms. The molecule has 2 heterocycles. The van der Waals surface area contributed by atoms with Gasteiger partial charge in [-0.15, -0.1) is 0 Å². The Bertz CT molecular complexity index is 362. The van der Waals surface area contributed by atoms with E-state index in [0.717, 1.165) is 5.82 Å². The highest BCUT2D eigenvalue weighted by Crippen LogP contribution is 1.93. The van der Waals surface area contributed by atoms with Crippen molar-refractivity contribution in [2.75, 3.05) is 0 Å². The number of nitrogens with one attached hydrogen (secondary N) is 1. The molecule has 0 aliphatic carbocycles. The van der Waals surface area contributed by atoms with Crippen molar-refractivity contribution >= 4 is 0 Å². The van der Waals surface area contributed by atoms with Crippen LogP contribution >= 0.6 is 0 Å². The quantitative estimate of drug-likeness (QED) is 0.623. The van der Waals surface area contributed by atoms with Crippen LogP contribution in [-0.4, -0.2) is 29.9 Å². The summed E-state index contributed by atoms with van der Waals surface area (Å²) in [6.07, 6.45) is 3.09. The van der Waals surface area contributed by atoms with E-state index in [0.29, 0.717) is 18.9 Å². The molecule has 2 rings (SSSR count). The van der Waals surface area contributed by atoms with E-state index in [1.165, 1.54) is 6.33 Å². The number of nitrogens with two attached hydrogens (primary N) is 1. The number of hydrogen-bond acceptors (Lipinski definition) is 5. The van der Waals surface area contributed by atoms with Crippen LogP contribution in [0.2, 0.25) is 0 Å². The minimum absolute atomic E-state index is 0.341. The Morgan fingerprint density at radius 1 is 1.54 bits per heavy atom. The molecule has 0 aliphatic heterocycles. The van der Waals surface area contributed by atoms with Crippen molar-refractivity contribution in [2.45, 2.75) is 13.1 Å². The van der Waals surface area contributed by atoms with Gasteiger partial charge in [0.05, 0.1) is 6.54 Å². The summed E-state index contributed by atoms with van der Waals surface area (Å²) in [4.78, 5) is 7.93. The first-order valence-corrected chi connectivity index (χ1v) is 3.81. The molecule has 3 N–H and O–H groups in total. The van der Waals surface area contributed by atoms with Crippen LogP contribution in [-0.2, 0) is 13.1 Å². The van der Waals surface area contributed by atoms with Gasteiger partial charge in [0.2, 0.25) is 0 Å². The summed E-state index contributed by atoms with van der Waals surface area (Å²) in [6, 6.07) is 0. The second-order valence-electron chi connectivity index (χ2n) is 2.50. The molecular weight excluding hydrogens is 170 g/mol. The third-order valence-electron chi connectivity index (χ3n) is 1.54. The van der Waals surface area contributed by atoms with Crippen LogP contribution < -0.4 is 5.73 Å². The van der Waals surface area contributed by atoms with Crippen molar-refractivity contribution in [3.8, 4) is 0 Å². The Morgan fingerprint density at radius 2 is 2.46 bits per heavy atom. The van der Waals surface area contributed by atoms with Crippen molar-refractivity contribution in [3.05, 3.63) is 24.3 Å². The van der Waals surface area contributed by atoms with Crippen LogP contribution in [0.25, 0.3) is 0 Å². The molecule has 0 radical (unpaired) electrons. The number of hydrogen-bond donors (Lipinski definition) is 2. The molecule has 0 saturated heterocycles. The highest BCUT2D eigenvalue weighted by atomic mass is 15.3. The summed E-state index contributed by atoms with van der Waals surface area (Å²) in [5.74, 6) is 1.33. The summed E-state index contributed by atoms with van der Waals surface area (Å²) in [7, 11) is 0. The second-order valence-corrected chi connectivity index (χ2v) is 2.50. The maximum absolute atomic E-state index is 5.36. The maximum Gasteiger partial charge on any atom is 0.164 e. The first-order chi connectivity index (χ1) is 6.38. The highest BCUT2D eigenvalue weighted by Gasteiger charge is 2.01. The summed E-state index contributed by atoms with van der Waals surface area (Å²) in [5.41, 5.74) is 5.36. The zero-order valence-electron chi connectivity index (χ0n) is 6.88. The third-order valence-corrected chi connectivity index (χ3v) is 1.54. The second kappa shape index (κ2) is 3.31. The van der Waals surface area contributed by atoms with E-state index in [9.17, 15) is 0 Å². The van der Waals surface area contributed by atoms with Crippen LogP contribution in [0.3, 0.4) is 0 Å². The van der Waals surface area contributed by atoms with Gasteiger partial charge < -0.3 is 5.73 Å². The zero-order chi connectivity index (χ0) is 9.10. The molecule has 2 aromatic heterocycles. The Morgan fingerprint density at radius 3 is 3.08 bits per heavy atom.